The fraction of sp³-hybridized carbons (Fsp3) is 0.375. The number of hydrogen-bond donors (Lipinski definition) is 1. The van der Waals surface area contributed by atoms with E-state index in [4.69, 9.17) is 11.6 Å². The van der Waals surface area contributed by atoms with Gasteiger partial charge in [0.25, 0.3) is 5.91 Å². The third-order valence-electron chi connectivity index (χ3n) is 3.93. The number of hydrogen-bond acceptors (Lipinski definition) is 2. The number of benzene rings is 1. The molecule has 1 heterocycles. The number of halogens is 2. The van der Waals surface area contributed by atoms with Crippen molar-refractivity contribution in [2.45, 2.75) is 38.1 Å². The molecule has 1 amide bonds. The molecule has 0 spiro atoms. The molecule has 1 fully saturated rings. The molecular weight excluding hydrogens is 291 g/mol. The van der Waals surface area contributed by atoms with Crippen molar-refractivity contribution in [3.63, 3.8) is 0 Å². The van der Waals surface area contributed by atoms with Gasteiger partial charge in [-0.3, -0.25) is 9.78 Å². The van der Waals surface area contributed by atoms with Crippen molar-refractivity contribution in [2.24, 2.45) is 0 Å². The van der Waals surface area contributed by atoms with Crippen LogP contribution in [0.25, 0.3) is 10.9 Å². The minimum Gasteiger partial charge on any atom is -0.349 e. The van der Waals surface area contributed by atoms with Crippen molar-refractivity contribution in [1.29, 1.82) is 0 Å². The van der Waals surface area contributed by atoms with Crippen LogP contribution in [0, 0.1) is 5.82 Å². The van der Waals surface area contributed by atoms with Gasteiger partial charge in [0.2, 0.25) is 0 Å². The molecule has 1 aromatic carbocycles. The lowest BCUT2D eigenvalue weighted by Crippen LogP contribution is -2.36. The van der Waals surface area contributed by atoms with Crippen LogP contribution in [0.15, 0.2) is 24.4 Å². The second kappa shape index (κ2) is 5.98. The standard InChI is InChI=1S/C16H16ClFN2O/c17-13-7-10-6-11(9-19-15(10)8-14(13)18)16(21)20-12-4-2-1-3-5-12/h6-9,12H,1-5H2,(H,20,21). The van der Waals surface area contributed by atoms with Crippen LogP contribution < -0.4 is 5.32 Å². The first-order valence-corrected chi connectivity index (χ1v) is 7.57. The smallest absolute Gasteiger partial charge is 0.253 e. The van der Waals surface area contributed by atoms with E-state index in [0.717, 1.165) is 25.7 Å². The Kier molecular flexibility index (Phi) is 4.06. The summed E-state index contributed by atoms with van der Waals surface area (Å²) in [6, 6.07) is 4.72. The summed E-state index contributed by atoms with van der Waals surface area (Å²) in [5.41, 5.74) is 0.974. The summed E-state index contributed by atoms with van der Waals surface area (Å²) < 4.78 is 13.4. The monoisotopic (exact) mass is 306 g/mol. The van der Waals surface area contributed by atoms with E-state index in [9.17, 15) is 9.18 Å². The molecule has 21 heavy (non-hydrogen) atoms. The molecule has 0 radical (unpaired) electrons. The minimum absolute atomic E-state index is 0.0362. The fourth-order valence-electron chi connectivity index (χ4n) is 2.76. The quantitative estimate of drug-likeness (QED) is 0.908. The van der Waals surface area contributed by atoms with Crippen LogP contribution >= 0.6 is 11.6 Å². The highest BCUT2D eigenvalue weighted by Gasteiger charge is 2.17. The summed E-state index contributed by atoms with van der Waals surface area (Å²) in [6.45, 7) is 0. The molecule has 0 atom stereocenters. The fourth-order valence-corrected chi connectivity index (χ4v) is 2.93. The minimum atomic E-state index is -0.504. The highest BCUT2D eigenvalue weighted by molar-refractivity contribution is 6.31. The maximum atomic E-state index is 13.4. The number of nitrogens with one attached hydrogen (secondary N) is 1. The number of pyridine rings is 1. The van der Waals surface area contributed by atoms with Gasteiger partial charge in [0.05, 0.1) is 16.1 Å². The second-order valence-electron chi connectivity index (χ2n) is 5.49. The van der Waals surface area contributed by atoms with E-state index in [1.165, 1.54) is 24.8 Å². The van der Waals surface area contributed by atoms with E-state index in [0.29, 0.717) is 16.5 Å². The largest absolute Gasteiger partial charge is 0.349 e. The lowest BCUT2D eigenvalue weighted by Gasteiger charge is -2.22. The molecule has 0 saturated heterocycles. The third kappa shape index (κ3) is 3.16. The summed E-state index contributed by atoms with van der Waals surface area (Å²) in [5, 5.41) is 3.74. The van der Waals surface area contributed by atoms with E-state index in [1.54, 1.807) is 6.07 Å². The molecule has 0 bridgehead atoms. The number of fused-ring (bicyclic) bond motifs is 1. The van der Waals surface area contributed by atoms with Crippen LogP contribution in [0.5, 0.6) is 0 Å². The molecule has 1 N–H and O–H groups in total. The van der Waals surface area contributed by atoms with Gasteiger partial charge < -0.3 is 5.32 Å². The highest BCUT2D eigenvalue weighted by Crippen LogP contribution is 2.23. The van der Waals surface area contributed by atoms with Crippen molar-refractivity contribution < 1.29 is 9.18 Å². The first-order chi connectivity index (χ1) is 10.1. The average molecular weight is 307 g/mol. The Balaban J connectivity index is 1.82. The maximum Gasteiger partial charge on any atom is 0.253 e. The van der Waals surface area contributed by atoms with Crippen LogP contribution in [0.4, 0.5) is 4.39 Å². The Morgan fingerprint density at radius 1 is 1.24 bits per heavy atom. The molecule has 0 unspecified atom stereocenters. The Hall–Kier alpha value is -1.68. The third-order valence-corrected chi connectivity index (χ3v) is 4.22. The number of nitrogens with zero attached hydrogens (tertiary/aromatic N) is 1. The average Bonchev–Trinajstić information content (AvgIpc) is 2.49. The first-order valence-electron chi connectivity index (χ1n) is 7.19. The van der Waals surface area contributed by atoms with E-state index in [-0.39, 0.29) is 17.0 Å². The van der Waals surface area contributed by atoms with Crippen LogP contribution in [-0.4, -0.2) is 16.9 Å². The van der Waals surface area contributed by atoms with Crippen LogP contribution in [0.1, 0.15) is 42.5 Å². The van der Waals surface area contributed by atoms with Crippen LogP contribution in [-0.2, 0) is 0 Å². The van der Waals surface area contributed by atoms with Gasteiger partial charge in [-0.25, -0.2) is 4.39 Å². The molecule has 0 aliphatic heterocycles. The van der Waals surface area contributed by atoms with Gasteiger partial charge in [0.15, 0.2) is 0 Å². The maximum absolute atomic E-state index is 13.4. The number of amides is 1. The van der Waals surface area contributed by atoms with Crippen molar-refractivity contribution >= 4 is 28.4 Å². The Morgan fingerprint density at radius 2 is 2.00 bits per heavy atom. The van der Waals surface area contributed by atoms with Crippen LogP contribution in [0.3, 0.4) is 0 Å². The number of aromatic nitrogens is 1. The normalized spacial score (nSPS) is 16.1. The summed E-state index contributed by atoms with van der Waals surface area (Å²) in [6.07, 6.45) is 7.11. The molecule has 1 saturated carbocycles. The summed E-state index contributed by atoms with van der Waals surface area (Å²) in [5.74, 6) is -0.632. The van der Waals surface area contributed by atoms with E-state index in [1.807, 2.05) is 0 Å². The highest BCUT2D eigenvalue weighted by atomic mass is 35.5. The molecule has 110 valence electrons. The molecule has 2 aromatic rings. The number of rotatable bonds is 2. The van der Waals surface area contributed by atoms with Gasteiger partial charge >= 0.3 is 0 Å². The topological polar surface area (TPSA) is 42.0 Å². The zero-order chi connectivity index (χ0) is 14.8. The Bertz CT molecular complexity index is 683. The first kappa shape index (κ1) is 14.3. The van der Waals surface area contributed by atoms with Gasteiger partial charge in [0.1, 0.15) is 5.82 Å². The van der Waals surface area contributed by atoms with Crippen LogP contribution in [0.2, 0.25) is 5.02 Å². The summed E-state index contributed by atoms with van der Waals surface area (Å²) >= 11 is 5.77. The van der Waals surface area contributed by atoms with Gasteiger partial charge in [0, 0.05) is 23.7 Å². The van der Waals surface area contributed by atoms with Crippen molar-refractivity contribution in [1.82, 2.24) is 10.3 Å². The zero-order valence-corrected chi connectivity index (χ0v) is 12.3. The predicted octanol–water partition coefficient (Wildman–Crippen LogP) is 4.09. The second-order valence-corrected chi connectivity index (χ2v) is 5.90. The number of carbonyl (C=O) groups excluding carboxylic acids is 1. The summed E-state index contributed by atoms with van der Waals surface area (Å²) in [4.78, 5) is 16.4. The Morgan fingerprint density at radius 3 is 2.76 bits per heavy atom. The van der Waals surface area contributed by atoms with Crippen molar-refractivity contribution in [2.75, 3.05) is 0 Å². The van der Waals surface area contributed by atoms with Crippen molar-refractivity contribution in [3.05, 3.63) is 40.8 Å². The summed E-state index contributed by atoms with van der Waals surface area (Å²) in [7, 11) is 0. The SMILES string of the molecule is O=C(NC1CCCCC1)c1cnc2cc(F)c(Cl)cc2c1. The van der Waals surface area contributed by atoms with Gasteiger partial charge in [-0.05, 0) is 25.0 Å². The van der Waals surface area contributed by atoms with E-state index >= 15 is 0 Å². The molecule has 3 nitrogen and oxygen atoms in total. The van der Waals surface area contributed by atoms with Crippen molar-refractivity contribution in [3.8, 4) is 0 Å². The zero-order valence-electron chi connectivity index (χ0n) is 11.5. The van der Waals surface area contributed by atoms with Gasteiger partial charge in [-0.15, -0.1) is 0 Å². The molecule has 1 aromatic heterocycles. The molecule has 3 rings (SSSR count). The molecular formula is C16H16ClFN2O. The van der Waals surface area contributed by atoms with E-state index < -0.39 is 5.82 Å². The van der Waals surface area contributed by atoms with Gasteiger partial charge in [-0.1, -0.05) is 30.9 Å². The predicted molar refractivity (Wildman–Crippen MR) is 81.1 cm³/mol. The molecule has 5 heteroatoms. The molecule has 1 aliphatic rings. The Labute approximate surface area is 127 Å². The van der Waals surface area contributed by atoms with Gasteiger partial charge in [-0.2, -0.15) is 0 Å². The molecule has 1 aliphatic carbocycles. The van der Waals surface area contributed by atoms with E-state index in [2.05, 4.69) is 10.3 Å². The number of carbonyl (C=O) groups is 1. The lowest BCUT2D eigenvalue weighted by molar-refractivity contribution is 0.0927. The lowest BCUT2D eigenvalue weighted by atomic mass is 9.95.